The van der Waals surface area contributed by atoms with Crippen LogP contribution in [-0.4, -0.2) is 17.9 Å². The molecule has 4 heteroatoms. The smallest absolute Gasteiger partial charge is 0.224 e. The van der Waals surface area contributed by atoms with Gasteiger partial charge in [0.1, 0.15) is 0 Å². The quantitative estimate of drug-likeness (QED) is 0.774. The minimum absolute atomic E-state index is 0.114. The molecule has 4 atom stereocenters. The van der Waals surface area contributed by atoms with E-state index < -0.39 is 17.8 Å². The van der Waals surface area contributed by atoms with Crippen molar-refractivity contribution in [1.82, 2.24) is 5.32 Å². The minimum atomic E-state index is -1.11. The van der Waals surface area contributed by atoms with E-state index in [4.69, 9.17) is 0 Å². The summed E-state index contributed by atoms with van der Waals surface area (Å²) < 4.78 is 0. The third-order valence-electron chi connectivity index (χ3n) is 4.51. The first-order valence-corrected chi connectivity index (χ1v) is 7.26. The van der Waals surface area contributed by atoms with Crippen LogP contribution in [0.2, 0.25) is 0 Å². The van der Waals surface area contributed by atoms with Crippen LogP contribution in [0, 0.1) is 17.8 Å². The summed E-state index contributed by atoms with van der Waals surface area (Å²) in [5, 5.41) is 14.2. The molecule has 0 aromatic rings. The Hall–Kier alpha value is -1.32. The largest absolute Gasteiger partial charge is 0.550 e. The predicted molar refractivity (Wildman–Crippen MR) is 69.9 cm³/mol. The summed E-state index contributed by atoms with van der Waals surface area (Å²) in [6.07, 6.45) is 9.14. The van der Waals surface area contributed by atoms with Gasteiger partial charge in [-0.15, -0.1) is 0 Å². The second kappa shape index (κ2) is 6.22. The van der Waals surface area contributed by atoms with Crippen LogP contribution in [0.4, 0.5) is 0 Å². The highest BCUT2D eigenvalue weighted by Gasteiger charge is 2.32. The maximum atomic E-state index is 12.3. The van der Waals surface area contributed by atoms with Gasteiger partial charge in [0.15, 0.2) is 0 Å². The van der Waals surface area contributed by atoms with Crippen LogP contribution in [0.1, 0.15) is 45.4 Å². The molecule has 4 nitrogen and oxygen atoms in total. The van der Waals surface area contributed by atoms with Gasteiger partial charge in [-0.2, -0.15) is 0 Å². The first-order valence-electron chi connectivity index (χ1n) is 7.26. The van der Waals surface area contributed by atoms with Crippen molar-refractivity contribution >= 4 is 11.9 Å². The molecule has 0 heterocycles. The molecule has 1 amide bonds. The van der Waals surface area contributed by atoms with E-state index in [-0.39, 0.29) is 11.9 Å². The van der Waals surface area contributed by atoms with E-state index in [0.29, 0.717) is 18.8 Å². The Morgan fingerprint density at radius 3 is 2.37 bits per heavy atom. The Morgan fingerprint density at radius 2 is 1.74 bits per heavy atom. The molecule has 0 aromatic carbocycles. The Morgan fingerprint density at radius 1 is 1.11 bits per heavy atom. The summed E-state index contributed by atoms with van der Waals surface area (Å²) in [7, 11) is 0. The van der Waals surface area contributed by atoms with Gasteiger partial charge in [-0.1, -0.05) is 31.9 Å². The first-order chi connectivity index (χ1) is 9.09. The molecule has 1 fully saturated rings. The van der Waals surface area contributed by atoms with E-state index in [2.05, 4.69) is 12.2 Å². The Labute approximate surface area is 114 Å². The number of hydrogen-bond donors (Lipinski definition) is 1. The zero-order valence-corrected chi connectivity index (χ0v) is 11.4. The number of carboxylic acids is 1. The van der Waals surface area contributed by atoms with E-state index in [1.807, 2.05) is 12.2 Å². The van der Waals surface area contributed by atoms with Crippen LogP contribution >= 0.6 is 0 Å². The summed E-state index contributed by atoms with van der Waals surface area (Å²) in [6.45, 7) is 2.15. The molecule has 0 bridgehead atoms. The Kier molecular flexibility index (Phi) is 4.61. The normalized spacial score (nSPS) is 34.8. The zero-order chi connectivity index (χ0) is 13.8. The topological polar surface area (TPSA) is 69.2 Å². The van der Waals surface area contributed by atoms with E-state index in [9.17, 15) is 14.7 Å². The third-order valence-corrected chi connectivity index (χ3v) is 4.51. The highest BCUT2D eigenvalue weighted by Crippen LogP contribution is 2.28. The molecule has 0 radical (unpaired) electrons. The van der Waals surface area contributed by atoms with Crippen LogP contribution in [0.25, 0.3) is 0 Å². The van der Waals surface area contributed by atoms with Crippen LogP contribution in [0.5, 0.6) is 0 Å². The molecule has 0 unspecified atom stereocenters. The molecule has 1 N–H and O–H groups in total. The average molecular weight is 264 g/mol. The number of nitrogens with one attached hydrogen (secondary N) is 1. The summed E-state index contributed by atoms with van der Waals surface area (Å²) in [6, 6.07) is 0.203. The monoisotopic (exact) mass is 264 g/mol. The molecule has 1 saturated carbocycles. The fraction of sp³-hybridized carbons (Fsp3) is 0.733. The summed E-state index contributed by atoms with van der Waals surface area (Å²) in [5.74, 6) is -1.88. The lowest BCUT2D eigenvalue weighted by atomic mass is 9.81. The van der Waals surface area contributed by atoms with E-state index in [1.165, 1.54) is 6.42 Å². The predicted octanol–water partition coefficient (Wildman–Crippen LogP) is 1.01. The van der Waals surface area contributed by atoms with Gasteiger partial charge in [0.05, 0.1) is 0 Å². The van der Waals surface area contributed by atoms with Gasteiger partial charge in [-0.05, 0) is 31.6 Å². The number of rotatable bonds is 3. The van der Waals surface area contributed by atoms with Crippen LogP contribution in [0.15, 0.2) is 12.2 Å². The van der Waals surface area contributed by atoms with Crippen molar-refractivity contribution in [1.29, 1.82) is 0 Å². The molecular formula is C15H22NO3-. The molecule has 106 valence electrons. The van der Waals surface area contributed by atoms with Crippen molar-refractivity contribution < 1.29 is 14.7 Å². The number of aliphatic carboxylic acids is 1. The van der Waals surface area contributed by atoms with Gasteiger partial charge in [-0.25, -0.2) is 0 Å². The van der Waals surface area contributed by atoms with Crippen LogP contribution in [0.3, 0.4) is 0 Å². The molecular weight excluding hydrogens is 242 g/mol. The zero-order valence-electron chi connectivity index (χ0n) is 11.4. The molecule has 0 aliphatic heterocycles. The van der Waals surface area contributed by atoms with Crippen molar-refractivity contribution in [2.75, 3.05) is 0 Å². The number of carboxylic acid groups (broad SMARTS) is 1. The van der Waals surface area contributed by atoms with Crippen LogP contribution < -0.4 is 10.4 Å². The average Bonchev–Trinajstić information content (AvgIpc) is 2.41. The molecule has 2 aliphatic rings. The van der Waals surface area contributed by atoms with E-state index in [1.54, 1.807) is 0 Å². The van der Waals surface area contributed by atoms with E-state index in [0.717, 1.165) is 19.3 Å². The Balaban J connectivity index is 1.97. The molecule has 2 aliphatic carbocycles. The summed E-state index contributed by atoms with van der Waals surface area (Å²) in [4.78, 5) is 23.4. The third kappa shape index (κ3) is 3.37. The van der Waals surface area contributed by atoms with Crippen molar-refractivity contribution in [2.24, 2.45) is 17.8 Å². The van der Waals surface area contributed by atoms with Crippen molar-refractivity contribution in [2.45, 2.75) is 51.5 Å². The van der Waals surface area contributed by atoms with Crippen molar-refractivity contribution in [3.63, 3.8) is 0 Å². The number of carbonyl (C=O) groups is 2. The van der Waals surface area contributed by atoms with Gasteiger partial charge in [-0.3, -0.25) is 4.79 Å². The molecule has 0 spiro atoms. The summed E-state index contributed by atoms with van der Waals surface area (Å²) in [5.41, 5.74) is 0. The SMILES string of the molecule is C[C@H]1CCCC[C@H]1NC(=O)[C@@H]1CC=CC[C@@H]1C(=O)[O-]. The van der Waals surface area contributed by atoms with Crippen molar-refractivity contribution in [3.05, 3.63) is 12.2 Å². The minimum Gasteiger partial charge on any atom is -0.550 e. The van der Waals surface area contributed by atoms with Gasteiger partial charge >= 0.3 is 0 Å². The maximum absolute atomic E-state index is 12.3. The fourth-order valence-electron chi connectivity index (χ4n) is 3.18. The lowest BCUT2D eigenvalue weighted by molar-refractivity contribution is -0.313. The van der Waals surface area contributed by atoms with Gasteiger partial charge in [0.25, 0.3) is 0 Å². The highest BCUT2D eigenvalue weighted by atomic mass is 16.4. The fourth-order valence-corrected chi connectivity index (χ4v) is 3.18. The van der Waals surface area contributed by atoms with Gasteiger partial charge in [0.2, 0.25) is 5.91 Å². The highest BCUT2D eigenvalue weighted by molar-refractivity contribution is 5.84. The molecule has 0 aromatic heterocycles. The maximum Gasteiger partial charge on any atom is 0.224 e. The number of carbonyl (C=O) groups excluding carboxylic acids is 2. The second-order valence-electron chi connectivity index (χ2n) is 5.85. The number of hydrogen-bond acceptors (Lipinski definition) is 3. The van der Waals surface area contributed by atoms with E-state index >= 15 is 0 Å². The number of allylic oxidation sites excluding steroid dienone is 2. The lowest BCUT2D eigenvalue weighted by Gasteiger charge is -2.33. The van der Waals surface area contributed by atoms with Gasteiger partial charge in [0, 0.05) is 23.8 Å². The van der Waals surface area contributed by atoms with Crippen molar-refractivity contribution in [3.8, 4) is 0 Å². The second-order valence-corrected chi connectivity index (χ2v) is 5.85. The Bertz CT molecular complexity index is 378. The van der Waals surface area contributed by atoms with Crippen LogP contribution in [-0.2, 0) is 9.59 Å². The standard InChI is InChI=1S/C15H23NO3/c1-10-6-2-5-9-13(10)16-14(17)11-7-3-4-8-12(11)15(18)19/h3-4,10-13H,2,5-9H2,1H3,(H,16,17)(H,18,19)/p-1/t10-,11+,12-,13+/m0/s1. The first kappa shape index (κ1) is 14.1. The molecule has 2 rings (SSSR count). The summed E-state index contributed by atoms with van der Waals surface area (Å²) >= 11 is 0. The van der Waals surface area contributed by atoms with Gasteiger partial charge < -0.3 is 15.2 Å². The molecule has 0 saturated heterocycles. The number of amides is 1. The lowest BCUT2D eigenvalue weighted by Crippen LogP contribution is -2.48. The molecule has 19 heavy (non-hydrogen) atoms.